The van der Waals surface area contributed by atoms with Crippen molar-refractivity contribution in [2.75, 3.05) is 22.1 Å². The maximum Gasteiger partial charge on any atom is 0.234 e. The highest BCUT2D eigenvalue weighted by Crippen LogP contribution is 2.20. The average Bonchev–Trinajstić information content (AvgIpc) is 2.58. The number of halogens is 1. The Balaban J connectivity index is 1.78. The molecule has 2 aromatic rings. The summed E-state index contributed by atoms with van der Waals surface area (Å²) in [7, 11) is 0. The van der Waals surface area contributed by atoms with E-state index in [2.05, 4.69) is 10.6 Å². The molecule has 0 bridgehead atoms. The van der Waals surface area contributed by atoms with Crippen molar-refractivity contribution >= 4 is 46.6 Å². The van der Waals surface area contributed by atoms with E-state index >= 15 is 0 Å². The SMILES string of the molecule is CCc1ccccc1NC(=O)CSCC(=O)Nc1ccc(Cl)cc1C. The van der Waals surface area contributed by atoms with Crippen LogP contribution in [0.15, 0.2) is 42.5 Å². The number of hydrogen-bond acceptors (Lipinski definition) is 3. The molecule has 2 N–H and O–H groups in total. The molecule has 0 radical (unpaired) electrons. The van der Waals surface area contributed by atoms with E-state index in [-0.39, 0.29) is 23.3 Å². The second-order valence-electron chi connectivity index (χ2n) is 5.56. The van der Waals surface area contributed by atoms with E-state index in [0.717, 1.165) is 28.9 Å². The van der Waals surface area contributed by atoms with Crippen molar-refractivity contribution in [3.05, 3.63) is 58.6 Å². The Kier molecular flexibility index (Phi) is 7.34. The van der Waals surface area contributed by atoms with Gasteiger partial charge >= 0.3 is 0 Å². The molecule has 6 heteroatoms. The van der Waals surface area contributed by atoms with E-state index in [9.17, 15) is 9.59 Å². The van der Waals surface area contributed by atoms with Crippen LogP contribution >= 0.6 is 23.4 Å². The van der Waals surface area contributed by atoms with Crippen molar-refractivity contribution in [1.82, 2.24) is 0 Å². The maximum atomic E-state index is 12.0. The van der Waals surface area contributed by atoms with E-state index in [1.165, 1.54) is 11.8 Å². The summed E-state index contributed by atoms with van der Waals surface area (Å²) in [5, 5.41) is 6.36. The highest BCUT2D eigenvalue weighted by molar-refractivity contribution is 8.00. The van der Waals surface area contributed by atoms with Gasteiger partial charge < -0.3 is 10.6 Å². The smallest absolute Gasteiger partial charge is 0.234 e. The van der Waals surface area contributed by atoms with Crippen molar-refractivity contribution in [3.8, 4) is 0 Å². The van der Waals surface area contributed by atoms with E-state index < -0.39 is 0 Å². The Hall–Kier alpha value is -1.98. The number of carbonyl (C=O) groups is 2. The molecule has 4 nitrogen and oxygen atoms in total. The number of anilines is 2. The molecule has 0 unspecified atom stereocenters. The summed E-state index contributed by atoms with van der Waals surface area (Å²) in [4.78, 5) is 24.0. The maximum absolute atomic E-state index is 12.0. The van der Waals surface area contributed by atoms with Crippen molar-refractivity contribution in [1.29, 1.82) is 0 Å². The zero-order valence-corrected chi connectivity index (χ0v) is 15.8. The van der Waals surface area contributed by atoms with Gasteiger partial charge in [-0.2, -0.15) is 0 Å². The molecule has 0 aliphatic heterocycles. The Bertz CT molecular complexity index is 765. The molecule has 132 valence electrons. The number of nitrogens with one attached hydrogen (secondary N) is 2. The molecule has 0 aromatic heterocycles. The predicted octanol–water partition coefficient (Wildman–Crippen LogP) is 4.52. The van der Waals surface area contributed by atoms with Gasteiger partial charge in [0, 0.05) is 16.4 Å². The van der Waals surface area contributed by atoms with Crippen molar-refractivity contribution in [2.24, 2.45) is 0 Å². The molecule has 25 heavy (non-hydrogen) atoms. The summed E-state index contributed by atoms with van der Waals surface area (Å²) in [5.74, 6) is 0.189. The van der Waals surface area contributed by atoms with Crippen molar-refractivity contribution in [2.45, 2.75) is 20.3 Å². The standard InChI is InChI=1S/C19H21ClN2O2S/c1-3-14-6-4-5-7-17(14)22-19(24)12-25-11-18(23)21-16-9-8-15(20)10-13(16)2/h4-10H,3,11-12H2,1-2H3,(H,21,23)(H,22,24). The van der Waals surface area contributed by atoms with Crippen molar-refractivity contribution < 1.29 is 9.59 Å². The van der Waals surface area contributed by atoms with E-state index in [4.69, 9.17) is 11.6 Å². The zero-order valence-electron chi connectivity index (χ0n) is 14.3. The average molecular weight is 377 g/mol. The van der Waals surface area contributed by atoms with Crippen LogP contribution in [0.3, 0.4) is 0 Å². The fourth-order valence-corrected chi connectivity index (χ4v) is 3.17. The minimum Gasteiger partial charge on any atom is -0.325 e. The molecule has 0 saturated heterocycles. The molecular weight excluding hydrogens is 356 g/mol. The first kappa shape index (κ1) is 19.3. The third kappa shape index (κ3) is 6.11. The van der Waals surface area contributed by atoms with Crippen LogP contribution in [0, 0.1) is 6.92 Å². The summed E-state index contributed by atoms with van der Waals surface area (Å²) < 4.78 is 0. The fourth-order valence-electron chi connectivity index (χ4n) is 2.33. The first-order valence-corrected chi connectivity index (χ1v) is 9.54. The van der Waals surface area contributed by atoms with Gasteiger partial charge in [0.15, 0.2) is 0 Å². The number of para-hydroxylation sites is 1. The number of hydrogen-bond donors (Lipinski definition) is 2. The quantitative estimate of drug-likeness (QED) is 0.746. The minimum absolute atomic E-state index is 0.110. The van der Waals surface area contributed by atoms with Gasteiger partial charge in [-0.3, -0.25) is 9.59 Å². The number of rotatable bonds is 7. The fraction of sp³-hybridized carbons (Fsp3) is 0.263. The van der Waals surface area contributed by atoms with Crippen molar-refractivity contribution in [3.63, 3.8) is 0 Å². The molecule has 2 amide bonds. The Labute approximate surface area is 157 Å². The molecule has 0 aliphatic carbocycles. The van der Waals surface area contributed by atoms with Gasteiger partial charge in [-0.25, -0.2) is 0 Å². The molecular formula is C19H21ClN2O2S. The molecule has 2 aromatic carbocycles. The number of carbonyl (C=O) groups excluding carboxylic acids is 2. The molecule has 0 spiro atoms. The van der Waals surface area contributed by atoms with Crippen LogP contribution in [0.1, 0.15) is 18.1 Å². The highest BCUT2D eigenvalue weighted by atomic mass is 35.5. The Morgan fingerprint density at radius 2 is 1.64 bits per heavy atom. The third-order valence-corrected chi connectivity index (χ3v) is 4.77. The lowest BCUT2D eigenvalue weighted by atomic mass is 10.1. The first-order chi connectivity index (χ1) is 12.0. The zero-order chi connectivity index (χ0) is 18.2. The minimum atomic E-state index is -0.141. The van der Waals surface area contributed by atoms with Crippen LogP contribution < -0.4 is 10.6 Å². The lowest BCUT2D eigenvalue weighted by Crippen LogP contribution is -2.19. The Morgan fingerprint density at radius 1 is 1.00 bits per heavy atom. The van der Waals surface area contributed by atoms with Gasteiger partial charge in [0.05, 0.1) is 11.5 Å². The number of benzene rings is 2. The molecule has 0 heterocycles. The van der Waals surface area contributed by atoms with Crippen LogP contribution in [0.25, 0.3) is 0 Å². The third-order valence-electron chi connectivity index (χ3n) is 3.60. The summed E-state index contributed by atoms with van der Waals surface area (Å²) in [6.07, 6.45) is 0.854. The summed E-state index contributed by atoms with van der Waals surface area (Å²) in [6.45, 7) is 3.93. The van der Waals surface area contributed by atoms with E-state index in [0.29, 0.717) is 5.02 Å². The van der Waals surface area contributed by atoms with Gasteiger partial charge in [0.25, 0.3) is 0 Å². The number of thioether (sulfide) groups is 1. The van der Waals surface area contributed by atoms with Gasteiger partial charge in [0.2, 0.25) is 11.8 Å². The van der Waals surface area contributed by atoms with Gasteiger partial charge in [-0.15, -0.1) is 11.8 Å². The topological polar surface area (TPSA) is 58.2 Å². The highest BCUT2D eigenvalue weighted by Gasteiger charge is 2.09. The predicted molar refractivity (Wildman–Crippen MR) is 107 cm³/mol. The van der Waals surface area contributed by atoms with Crippen LogP contribution in [0.5, 0.6) is 0 Å². The van der Waals surface area contributed by atoms with Gasteiger partial charge in [-0.05, 0) is 48.7 Å². The van der Waals surface area contributed by atoms with E-state index in [1.807, 2.05) is 38.1 Å². The molecule has 0 fully saturated rings. The number of aryl methyl sites for hydroxylation is 2. The molecule has 2 rings (SSSR count). The largest absolute Gasteiger partial charge is 0.325 e. The molecule has 0 atom stereocenters. The normalized spacial score (nSPS) is 10.4. The van der Waals surface area contributed by atoms with Crippen LogP contribution in [0.4, 0.5) is 11.4 Å². The number of amides is 2. The monoisotopic (exact) mass is 376 g/mol. The van der Waals surface area contributed by atoms with Crippen LogP contribution in [-0.2, 0) is 16.0 Å². The van der Waals surface area contributed by atoms with E-state index in [1.54, 1.807) is 18.2 Å². The lowest BCUT2D eigenvalue weighted by Gasteiger charge is -2.10. The summed E-state index contributed by atoms with van der Waals surface area (Å²) >= 11 is 7.18. The summed E-state index contributed by atoms with van der Waals surface area (Å²) in [5.41, 5.74) is 3.56. The Morgan fingerprint density at radius 3 is 2.28 bits per heavy atom. The molecule has 0 aliphatic rings. The second-order valence-corrected chi connectivity index (χ2v) is 6.98. The lowest BCUT2D eigenvalue weighted by molar-refractivity contribution is -0.114. The van der Waals surface area contributed by atoms with Gasteiger partial charge in [0.1, 0.15) is 0 Å². The molecule has 0 saturated carbocycles. The second kappa shape index (κ2) is 9.49. The summed E-state index contributed by atoms with van der Waals surface area (Å²) in [6, 6.07) is 13.0. The van der Waals surface area contributed by atoms with Gasteiger partial charge in [-0.1, -0.05) is 36.7 Å². The van der Waals surface area contributed by atoms with Crippen LogP contribution in [-0.4, -0.2) is 23.3 Å². The van der Waals surface area contributed by atoms with Crippen LogP contribution in [0.2, 0.25) is 5.02 Å². The first-order valence-electron chi connectivity index (χ1n) is 8.01.